The Bertz CT molecular complexity index is 1260. The van der Waals surface area contributed by atoms with Crippen LogP contribution in [-0.4, -0.2) is 42.2 Å². The molecule has 0 saturated carbocycles. The van der Waals surface area contributed by atoms with Crippen LogP contribution in [0.4, 0.5) is 0 Å². The Hall–Kier alpha value is -3.85. The molecule has 0 bridgehead atoms. The van der Waals surface area contributed by atoms with Gasteiger partial charge in [-0.25, -0.2) is 14.6 Å². The number of fused-ring (bicyclic) bond motifs is 1. The van der Waals surface area contributed by atoms with Crippen LogP contribution < -0.4 is 11.3 Å². The minimum absolute atomic E-state index is 0.0372. The van der Waals surface area contributed by atoms with Crippen molar-refractivity contribution in [1.29, 1.82) is 0 Å². The molecular formula is C22H23N7O2. The van der Waals surface area contributed by atoms with Gasteiger partial charge < -0.3 is 5.73 Å². The number of rotatable bonds is 7. The van der Waals surface area contributed by atoms with Crippen molar-refractivity contribution in [2.45, 2.75) is 26.1 Å². The van der Waals surface area contributed by atoms with Crippen molar-refractivity contribution in [2.75, 3.05) is 7.05 Å². The fraction of sp³-hybridized carbons (Fsp3) is 0.227. The van der Waals surface area contributed by atoms with E-state index >= 15 is 0 Å². The highest BCUT2D eigenvalue weighted by molar-refractivity contribution is 5.78. The summed E-state index contributed by atoms with van der Waals surface area (Å²) in [7, 11) is 1.95. The lowest BCUT2D eigenvalue weighted by molar-refractivity contribution is -0.118. The molecule has 9 nitrogen and oxygen atoms in total. The summed E-state index contributed by atoms with van der Waals surface area (Å²) in [5, 5.41) is 4.60. The molecular weight excluding hydrogens is 394 g/mol. The van der Waals surface area contributed by atoms with Gasteiger partial charge in [0.15, 0.2) is 0 Å². The first-order chi connectivity index (χ1) is 14.9. The molecule has 31 heavy (non-hydrogen) atoms. The van der Waals surface area contributed by atoms with E-state index in [-0.39, 0.29) is 18.1 Å². The summed E-state index contributed by atoms with van der Waals surface area (Å²) in [5.74, 6) is -0.0871. The van der Waals surface area contributed by atoms with Crippen molar-refractivity contribution < 1.29 is 4.79 Å². The Morgan fingerprint density at radius 2 is 1.90 bits per heavy atom. The Kier molecular flexibility index (Phi) is 5.59. The molecule has 0 aliphatic heterocycles. The first-order valence-corrected chi connectivity index (χ1v) is 9.86. The number of aromatic nitrogens is 5. The Morgan fingerprint density at radius 3 is 2.58 bits per heavy atom. The van der Waals surface area contributed by atoms with E-state index in [0.717, 1.165) is 11.3 Å². The van der Waals surface area contributed by atoms with Gasteiger partial charge in [0.1, 0.15) is 25.0 Å². The Morgan fingerprint density at radius 1 is 1.16 bits per heavy atom. The van der Waals surface area contributed by atoms with Crippen molar-refractivity contribution in [3.8, 4) is 5.69 Å². The van der Waals surface area contributed by atoms with Gasteiger partial charge in [0.25, 0.3) is 5.56 Å². The highest BCUT2D eigenvalue weighted by Gasteiger charge is 2.18. The average molecular weight is 417 g/mol. The molecule has 0 spiro atoms. The van der Waals surface area contributed by atoms with Gasteiger partial charge in [-0.1, -0.05) is 24.3 Å². The monoisotopic (exact) mass is 417 g/mol. The molecule has 2 aromatic carbocycles. The molecule has 0 aliphatic rings. The number of hydrogen-bond acceptors (Lipinski definition) is 6. The molecule has 4 aromatic rings. The van der Waals surface area contributed by atoms with E-state index in [1.54, 1.807) is 29.2 Å². The summed E-state index contributed by atoms with van der Waals surface area (Å²) in [5.41, 5.74) is 7.74. The summed E-state index contributed by atoms with van der Waals surface area (Å²) in [6.45, 7) is 2.24. The Labute approximate surface area is 178 Å². The van der Waals surface area contributed by atoms with Crippen molar-refractivity contribution in [1.82, 2.24) is 29.2 Å². The first-order valence-electron chi connectivity index (χ1n) is 9.86. The predicted octanol–water partition coefficient (Wildman–Crippen LogP) is 1.66. The SMILES string of the molecule is C[C@@H](c1ccc(-n2cncn2)cc1)N(C)Cc1nc2ccccc2c(=O)n1CC(N)=O. The van der Waals surface area contributed by atoms with Gasteiger partial charge in [0.05, 0.1) is 23.1 Å². The summed E-state index contributed by atoms with van der Waals surface area (Å²) in [6, 6.07) is 15.2. The summed E-state index contributed by atoms with van der Waals surface area (Å²) in [4.78, 5) is 35.2. The number of nitrogens with two attached hydrogens (primary N) is 1. The van der Waals surface area contributed by atoms with E-state index < -0.39 is 5.91 Å². The molecule has 1 atom stereocenters. The molecule has 2 N–H and O–H groups in total. The molecule has 1 amide bonds. The van der Waals surface area contributed by atoms with Crippen LogP contribution in [-0.2, 0) is 17.9 Å². The van der Waals surface area contributed by atoms with Crippen molar-refractivity contribution in [3.63, 3.8) is 0 Å². The maximum absolute atomic E-state index is 12.9. The van der Waals surface area contributed by atoms with E-state index in [0.29, 0.717) is 23.3 Å². The highest BCUT2D eigenvalue weighted by Crippen LogP contribution is 2.22. The number of benzene rings is 2. The maximum atomic E-state index is 12.9. The van der Waals surface area contributed by atoms with Gasteiger partial charge in [-0.15, -0.1) is 0 Å². The van der Waals surface area contributed by atoms with Crippen LogP contribution in [0.3, 0.4) is 0 Å². The molecule has 2 aromatic heterocycles. The van der Waals surface area contributed by atoms with Gasteiger partial charge >= 0.3 is 0 Å². The van der Waals surface area contributed by atoms with Crippen LogP contribution in [0.5, 0.6) is 0 Å². The first kappa shape index (κ1) is 20.4. The molecule has 0 fully saturated rings. The van der Waals surface area contributed by atoms with Gasteiger partial charge in [0.2, 0.25) is 5.91 Å². The second-order valence-electron chi connectivity index (χ2n) is 7.43. The van der Waals surface area contributed by atoms with Gasteiger partial charge in [-0.2, -0.15) is 5.10 Å². The number of carbonyl (C=O) groups is 1. The van der Waals surface area contributed by atoms with Crippen LogP contribution >= 0.6 is 0 Å². The van der Waals surface area contributed by atoms with Crippen LogP contribution in [0.1, 0.15) is 24.4 Å². The highest BCUT2D eigenvalue weighted by atomic mass is 16.2. The molecule has 9 heteroatoms. The summed E-state index contributed by atoms with van der Waals surface area (Å²) in [6.07, 6.45) is 3.14. The molecule has 0 aliphatic carbocycles. The standard InChI is InChI=1S/C22H23N7O2/c1-15(16-7-9-17(10-8-16)29-14-24-13-25-29)27(2)12-21-26-19-6-4-3-5-18(19)22(31)28(21)11-20(23)30/h3-10,13-15H,11-12H2,1-2H3,(H2,23,30)/t15-/m0/s1. The molecule has 0 saturated heterocycles. The second kappa shape index (κ2) is 8.49. The normalized spacial score (nSPS) is 12.4. The second-order valence-corrected chi connectivity index (χ2v) is 7.43. The molecule has 0 radical (unpaired) electrons. The zero-order chi connectivity index (χ0) is 22.0. The van der Waals surface area contributed by atoms with Gasteiger partial charge in [0, 0.05) is 6.04 Å². The maximum Gasteiger partial charge on any atom is 0.261 e. The predicted molar refractivity (Wildman–Crippen MR) is 116 cm³/mol. The summed E-state index contributed by atoms with van der Waals surface area (Å²) >= 11 is 0. The third kappa shape index (κ3) is 4.22. The van der Waals surface area contributed by atoms with E-state index in [1.807, 2.05) is 37.4 Å². The number of para-hydroxylation sites is 1. The van der Waals surface area contributed by atoms with Crippen molar-refractivity contribution >= 4 is 16.8 Å². The van der Waals surface area contributed by atoms with E-state index in [1.165, 1.54) is 10.9 Å². The van der Waals surface area contributed by atoms with Crippen LogP contribution in [0.15, 0.2) is 66.0 Å². The molecule has 0 unspecified atom stereocenters. The lowest BCUT2D eigenvalue weighted by Gasteiger charge is -2.26. The average Bonchev–Trinajstić information content (AvgIpc) is 3.31. The zero-order valence-electron chi connectivity index (χ0n) is 17.3. The van der Waals surface area contributed by atoms with Crippen molar-refractivity contribution in [3.05, 3.63) is 82.9 Å². The van der Waals surface area contributed by atoms with Crippen molar-refractivity contribution in [2.24, 2.45) is 5.73 Å². The Balaban J connectivity index is 1.62. The lowest BCUT2D eigenvalue weighted by Crippen LogP contribution is -2.34. The number of nitrogens with zero attached hydrogens (tertiary/aromatic N) is 6. The number of primary amides is 1. The zero-order valence-corrected chi connectivity index (χ0v) is 17.3. The largest absolute Gasteiger partial charge is 0.368 e. The minimum Gasteiger partial charge on any atom is -0.368 e. The van der Waals surface area contributed by atoms with E-state index in [9.17, 15) is 9.59 Å². The van der Waals surface area contributed by atoms with Gasteiger partial charge in [-0.3, -0.25) is 19.1 Å². The van der Waals surface area contributed by atoms with Crippen LogP contribution in [0.2, 0.25) is 0 Å². The summed E-state index contributed by atoms with van der Waals surface area (Å²) < 4.78 is 3.06. The van der Waals surface area contributed by atoms with Crippen LogP contribution in [0.25, 0.3) is 16.6 Å². The smallest absolute Gasteiger partial charge is 0.261 e. The third-order valence-electron chi connectivity index (χ3n) is 5.37. The third-order valence-corrected chi connectivity index (χ3v) is 5.37. The quantitative estimate of drug-likeness (QED) is 0.489. The van der Waals surface area contributed by atoms with E-state index in [4.69, 9.17) is 5.73 Å². The molecule has 2 heterocycles. The van der Waals surface area contributed by atoms with Gasteiger partial charge in [-0.05, 0) is 43.8 Å². The number of carbonyl (C=O) groups excluding carboxylic acids is 1. The molecule has 4 rings (SSSR count). The fourth-order valence-corrected chi connectivity index (χ4v) is 3.52. The number of hydrogen-bond donors (Lipinski definition) is 1. The van der Waals surface area contributed by atoms with E-state index in [2.05, 4.69) is 26.9 Å². The fourth-order valence-electron chi connectivity index (χ4n) is 3.52. The molecule has 158 valence electrons. The van der Waals surface area contributed by atoms with Crippen LogP contribution in [0, 0.1) is 0 Å². The lowest BCUT2D eigenvalue weighted by atomic mass is 10.1. The topological polar surface area (TPSA) is 112 Å². The minimum atomic E-state index is -0.583. The number of amides is 1.